The van der Waals surface area contributed by atoms with Crippen LogP contribution in [-0.4, -0.2) is 0 Å². The van der Waals surface area contributed by atoms with Gasteiger partial charge in [-0.3, -0.25) is 0 Å². The van der Waals surface area contributed by atoms with E-state index in [1.54, 1.807) is 0 Å². The molecule has 1 rings (SSSR count). The summed E-state index contributed by atoms with van der Waals surface area (Å²) in [5.74, 6) is 2.17. The smallest absolute Gasteiger partial charge is 0 e. The fourth-order valence-corrected chi connectivity index (χ4v) is 1.46. The number of aryl methyl sites for hydroxylation is 1. The van der Waals surface area contributed by atoms with Gasteiger partial charge in [-0.1, -0.05) is 14.3 Å². The minimum Gasteiger partial charge on any atom is 0 e. The molecule has 0 aromatic carbocycles. The van der Waals surface area contributed by atoms with Crippen LogP contribution in [-0.2, 0) is 44.3 Å². The maximum Gasteiger partial charge on any atom is 0 e. The predicted octanol–water partition coefficient (Wildman–Crippen LogP) is 3.15. The third-order valence-electron chi connectivity index (χ3n) is 0.875. The Morgan fingerprint density at radius 2 is 1.16 bits per heavy atom. The van der Waals surface area contributed by atoms with Crippen molar-refractivity contribution in [3.8, 4) is 0 Å². The molecule has 1 aromatic heterocycles. The zero-order valence-corrected chi connectivity index (χ0v) is 14.9. The van der Waals surface area contributed by atoms with Crippen molar-refractivity contribution in [3.63, 3.8) is 0 Å². The summed E-state index contributed by atoms with van der Waals surface area (Å²) in [5.41, 5.74) is 1.34. The molecule has 19 heavy (non-hydrogen) atoms. The second kappa shape index (κ2) is 52.8. The SMILES string of the molecule is Cc1ccc(Br)pc1.[C-]#[O+].[C-]#[O+].[C-]#[O+].[C-]#[O+].[C-]#[O+].[W]. The standard InChI is InChI=1S/C6H6BrP.5CO.W/c1-5-2-3-6(7)8-4-5;5*1-2;/h2-4H,1H3;;;;;;. The van der Waals surface area contributed by atoms with Crippen molar-refractivity contribution in [2.75, 3.05) is 0 Å². The fraction of sp³-hybridized carbons (Fsp3) is 0.0909. The second-order valence-electron chi connectivity index (χ2n) is 1.66. The van der Waals surface area contributed by atoms with E-state index >= 15 is 0 Å². The third kappa shape index (κ3) is 46.6. The van der Waals surface area contributed by atoms with Crippen LogP contribution < -0.4 is 0 Å². The average molecular weight is 513 g/mol. The van der Waals surface area contributed by atoms with Crippen LogP contribution in [0, 0.1) is 40.2 Å². The molecule has 0 aliphatic rings. The predicted molar refractivity (Wildman–Crippen MR) is 61.0 cm³/mol. The van der Waals surface area contributed by atoms with Gasteiger partial charge in [0.2, 0.25) is 0 Å². The van der Waals surface area contributed by atoms with Gasteiger partial charge < -0.3 is 0 Å². The normalized spacial score (nSPS) is 4.84. The van der Waals surface area contributed by atoms with Crippen LogP contribution in [0.5, 0.6) is 0 Å². The Morgan fingerprint density at radius 3 is 1.32 bits per heavy atom. The molecule has 0 N–H and O–H groups in total. The van der Waals surface area contributed by atoms with Crippen molar-refractivity contribution in [3.05, 3.63) is 61.0 Å². The van der Waals surface area contributed by atoms with E-state index < -0.39 is 0 Å². The number of halogens is 1. The van der Waals surface area contributed by atoms with Crippen LogP contribution in [0.3, 0.4) is 0 Å². The molecule has 0 aliphatic carbocycles. The van der Waals surface area contributed by atoms with Gasteiger partial charge in [0.05, 0.1) is 0 Å². The summed E-state index contributed by atoms with van der Waals surface area (Å²) < 4.78 is 38.7. The van der Waals surface area contributed by atoms with Crippen molar-refractivity contribution in [1.82, 2.24) is 0 Å². The van der Waals surface area contributed by atoms with Gasteiger partial charge in [0.1, 0.15) is 0 Å². The van der Waals surface area contributed by atoms with Crippen LogP contribution >= 0.6 is 24.1 Å². The van der Waals surface area contributed by atoms with Crippen molar-refractivity contribution in [2.24, 2.45) is 0 Å². The third-order valence-corrected chi connectivity index (χ3v) is 2.69. The van der Waals surface area contributed by atoms with Gasteiger partial charge in [-0.05, 0) is 40.3 Å². The molecular formula is C11H6BrO5PW. The molecule has 0 unspecified atom stereocenters. The number of hydrogen-bond donors (Lipinski definition) is 0. The molecule has 0 fully saturated rings. The molecule has 1 aromatic rings. The van der Waals surface area contributed by atoms with E-state index in [1.807, 2.05) is 0 Å². The summed E-state index contributed by atoms with van der Waals surface area (Å²) >= 11 is 3.39. The van der Waals surface area contributed by atoms with Gasteiger partial charge in [-0.2, -0.15) is 0 Å². The van der Waals surface area contributed by atoms with Gasteiger partial charge in [0.25, 0.3) is 0 Å². The van der Waals surface area contributed by atoms with Gasteiger partial charge in [0, 0.05) is 25.3 Å². The zero-order valence-electron chi connectivity index (χ0n) is 9.51. The summed E-state index contributed by atoms with van der Waals surface area (Å²) in [4.78, 5) is 0. The van der Waals surface area contributed by atoms with Crippen molar-refractivity contribution in [2.45, 2.75) is 6.92 Å². The molecule has 0 radical (unpaired) electrons. The Kier molecular flexibility index (Phi) is 101. The van der Waals surface area contributed by atoms with Crippen LogP contribution in [0.4, 0.5) is 0 Å². The Hall–Kier alpha value is -0.482. The molecule has 0 spiro atoms. The largest absolute Gasteiger partial charge is 0 e. The van der Waals surface area contributed by atoms with E-state index in [0.29, 0.717) is 0 Å². The van der Waals surface area contributed by atoms with Crippen LogP contribution in [0.2, 0.25) is 0 Å². The molecule has 0 saturated carbocycles. The molecule has 0 aliphatic heterocycles. The fourth-order valence-electron chi connectivity index (χ4n) is 0.450. The van der Waals surface area contributed by atoms with Gasteiger partial charge in [-0.15, -0.1) is 0 Å². The van der Waals surface area contributed by atoms with Gasteiger partial charge in [-0.25, -0.2) is 0 Å². The first-order chi connectivity index (χ1) is 8.79. The van der Waals surface area contributed by atoms with Crippen molar-refractivity contribution in [1.29, 1.82) is 0 Å². The van der Waals surface area contributed by atoms with Crippen LogP contribution in [0.15, 0.2) is 22.1 Å². The molecule has 0 saturated heterocycles. The van der Waals surface area contributed by atoms with E-state index in [0.717, 1.165) is 0 Å². The molecule has 8 heteroatoms. The monoisotopic (exact) mass is 512 g/mol. The van der Waals surface area contributed by atoms with Crippen LogP contribution in [0.1, 0.15) is 5.56 Å². The second-order valence-corrected chi connectivity index (χ2v) is 4.12. The molecule has 1 heterocycles. The van der Waals surface area contributed by atoms with Gasteiger partial charge in [0.15, 0.2) is 0 Å². The first-order valence-electron chi connectivity index (χ1n) is 3.39. The first kappa shape index (κ1) is 36.3. The molecule has 98 valence electrons. The molecule has 0 amide bonds. The minimum atomic E-state index is 0. The summed E-state index contributed by atoms with van der Waals surface area (Å²) in [7, 11) is 1.28. The maximum atomic E-state index is 7.50. The Bertz CT molecular complexity index is 300. The van der Waals surface area contributed by atoms with E-state index in [2.05, 4.69) is 74.0 Å². The van der Waals surface area contributed by atoms with E-state index in [9.17, 15) is 0 Å². The van der Waals surface area contributed by atoms with E-state index in [4.69, 9.17) is 23.3 Å². The first-order valence-corrected chi connectivity index (χ1v) is 5.15. The van der Waals surface area contributed by atoms with Crippen LogP contribution in [0.25, 0.3) is 0 Å². The van der Waals surface area contributed by atoms with Crippen molar-refractivity contribution < 1.29 is 44.3 Å². The Balaban J connectivity index is -0.0000000332. The topological polar surface area (TPSA) is 99.5 Å². The number of hydrogen-bond acceptors (Lipinski definition) is 0. The molecule has 5 nitrogen and oxygen atoms in total. The quantitative estimate of drug-likeness (QED) is 0.377. The molecular weight excluding hydrogens is 507 g/mol. The molecule has 0 bridgehead atoms. The maximum absolute atomic E-state index is 7.50. The minimum absolute atomic E-state index is 0. The molecule has 0 atom stereocenters. The van der Waals surface area contributed by atoms with Crippen molar-refractivity contribution >= 4 is 24.1 Å². The number of rotatable bonds is 0. The summed E-state index contributed by atoms with van der Waals surface area (Å²) in [6, 6.07) is 4.18. The zero-order chi connectivity index (χ0) is 16.0. The summed E-state index contributed by atoms with van der Waals surface area (Å²) in [6.07, 6.45) is 0. The summed E-state index contributed by atoms with van der Waals surface area (Å²) in [6.45, 7) is 24.6. The Morgan fingerprint density at radius 1 is 0.842 bits per heavy atom. The van der Waals surface area contributed by atoms with E-state index in [1.165, 1.54) is 18.0 Å². The van der Waals surface area contributed by atoms with E-state index in [-0.39, 0.29) is 21.1 Å². The Labute approximate surface area is 136 Å². The van der Waals surface area contributed by atoms with Gasteiger partial charge >= 0.3 is 56.5 Å². The summed E-state index contributed by atoms with van der Waals surface area (Å²) in [5, 5.41) is 0. The average Bonchev–Trinajstić information content (AvgIpc) is 2.52.